The minimum atomic E-state index is -0.483. The van der Waals surface area contributed by atoms with E-state index in [1.165, 1.54) is 0 Å². The molecule has 0 aliphatic carbocycles. The van der Waals surface area contributed by atoms with Gasteiger partial charge in [0.05, 0.1) is 66.1 Å². The lowest BCUT2D eigenvalue weighted by molar-refractivity contribution is -0.123. The van der Waals surface area contributed by atoms with Crippen molar-refractivity contribution in [3.8, 4) is 0 Å². The summed E-state index contributed by atoms with van der Waals surface area (Å²) in [5, 5.41) is 0. The molecule has 132 valence electrons. The maximum atomic E-state index is 10.4. The van der Waals surface area contributed by atoms with Crippen LogP contribution in [0.5, 0.6) is 0 Å². The zero-order valence-electron chi connectivity index (χ0n) is 13.4. The van der Waals surface area contributed by atoms with E-state index in [0.29, 0.717) is 72.7 Å². The molecular formula is C14H29NO7. The van der Waals surface area contributed by atoms with Gasteiger partial charge in [-0.3, -0.25) is 4.79 Å². The average molecular weight is 323 g/mol. The summed E-state index contributed by atoms with van der Waals surface area (Å²) in [6, 6.07) is 0. The number of hydrogen-bond donors (Lipinski definition) is 1. The van der Waals surface area contributed by atoms with Gasteiger partial charge in [-0.05, 0) is 6.92 Å². The summed E-state index contributed by atoms with van der Waals surface area (Å²) < 4.78 is 31.2. The fourth-order valence-electron chi connectivity index (χ4n) is 1.31. The van der Waals surface area contributed by atoms with E-state index in [-0.39, 0.29) is 6.61 Å². The third kappa shape index (κ3) is 19.2. The van der Waals surface area contributed by atoms with Crippen LogP contribution in [0.15, 0.2) is 0 Å². The molecule has 0 aliphatic rings. The molecule has 2 N–H and O–H groups in total. The van der Waals surface area contributed by atoms with Gasteiger partial charge in [0.1, 0.15) is 6.61 Å². The Hall–Kier alpha value is -0.770. The summed E-state index contributed by atoms with van der Waals surface area (Å²) in [5.41, 5.74) is 4.91. The first kappa shape index (κ1) is 21.2. The monoisotopic (exact) mass is 323 g/mol. The van der Waals surface area contributed by atoms with Gasteiger partial charge in [0.25, 0.3) is 0 Å². The Morgan fingerprint density at radius 2 is 0.955 bits per heavy atom. The van der Waals surface area contributed by atoms with Gasteiger partial charge in [-0.2, -0.15) is 0 Å². The number of ether oxygens (including phenoxy) is 6. The van der Waals surface area contributed by atoms with Gasteiger partial charge in [-0.1, -0.05) is 0 Å². The quantitative estimate of drug-likeness (QED) is 0.342. The van der Waals surface area contributed by atoms with Gasteiger partial charge in [-0.15, -0.1) is 0 Å². The molecular weight excluding hydrogens is 294 g/mol. The van der Waals surface area contributed by atoms with E-state index in [9.17, 15) is 4.79 Å². The minimum Gasteiger partial charge on any atom is -0.379 e. The Balaban J connectivity index is 2.95. The number of hydrogen-bond acceptors (Lipinski definition) is 7. The summed E-state index contributed by atoms with van der Waals surface area (Å²) in [5.74, 6) is -0.483. The van der Waals surface area contributed by atoms with Crippen LogP contribution in [0.3, 0.4) is 0 Å². The topological polar surface area (TPSA) is 98.5 Å². The zero-order valence-corrected chi connectivity index (χ0v) is 13.4. The molecule has 0 aromatic carbocycles. The Bertz CT molecular complexity index is 241. The van der Waals surface area contributed by atoms with Crippen molar-refractivity contribution in [2.45, 2.75) is 6.92 Å². The molecule has 0 rings (SSSR count). The van der Waals surface area contributed by atoms with E-state index in [2.05, 4.69) is 0 Å². The van der Waals surface area contributed by atoms with Crippen molar-refractivity contribution in [1.29, 1.82) is 0 Å². The van der Waals surface area contributed by atoms with Crippen molar-refractivity contribution >= 4 is 5.91 Å². The molecule has 0 aromatic heterocycles. The van der Waals surface area contributed by atoms with Crippen LogP contribution < -0.4 is 5.73 Å². The van der Waals surface area contributed by atoms with E-state index in [4.69, 9.17) is 34.2 Å². The van der Waals surface area contributed by atoms with Crippen molar-refractivity contribution < 1.29 is 33.2 Å². The molecule has 0 aliphatic heterocycles. The van der Waals surface area contributed by atoms with E-state index in [1.807, 2.05) is 6.92 Å². The smallest absolute Gasteiger partial charge is 0.243 e. The first-order valence-electron chi connectivity index (χ1n) is 7.52. The summed E-state index contributed by atoms with van der Waals surface area (Å²) in [7, 11) is 0. The molecule has 1 amide bonds. The SMILES string of the molecule is CCOCCOCCOCCOCCOCCOCC(N)=O. The third-order valence-electron chi connectivity index (χ3n) is 2.31. The van der Waals surface area contributed by atoms with Gasteiger partial charge in [0.15, 0.2) is 0 Å². The first-order valence-corrected chi connectivity index (χ1v) is 7.52. The number of amides is 1. The van der Waals surface area contributed by atoms with E-state index in [0.717, 1.165) is 0 Å². The molecule has 0 spiro atoms. The number of primary amides is 1. The molecule has 0 saturated heterocycles. The number of nitrogens with two attached hydrogens (primary N) is 1. The van der Waals surface area contributed by atoms with Gasteiger partial charge < -0.3 is 34.2 Å². The highest BCUT2D eigenvalue weighted by Crippen LogP contribution is 1.84. The number of carbonyl (C=O) groups is 1. The molecule has 8 heteroatoms. The highest BCUT2D eigenvalue weighted by molar-refractivity contribution is 5.74. The molecule has 0 aromatic rings. The summed E-state index contributed by atoms with van der Waals surface area (Å²) in [4.78, 5) is 10.4. The highest BCUT2D eigenvalue weighted by atomic mass is 16.6. The van der Waals surface area contributed by atoms with Gasteiger partial charge in [0.2, 0.25) is 5.91 Å². The molecule has 0 saturated carbocycles. The fourth-order valence-corrected chi connectivity index (χ4v) is 1.31. The van der Waals surface area contributed by atoms with Crippen molar-refractivity contribution in [2.75, 3.05) is 79.3 Å². The van der Waals surface area contributed by atoms with Crippen LogP contribution in [-0.4, -0.2) is 85.2 Å². The molecule has 0 atom stereocenters. The van der Waals surface area contributed by atoms with Crippen LogP contribution in [0.2, 0.25) is 0 Å². The van der Waals surface area contributed by atoms with Crippen LogP contribution >= 0.6 is 0 Å². The van der Waals surface area contributed by atoms with Gasteiger partial charge >= 0.3 is 0 Å². The molecule has 0 fully saturated rings. The maximum absolute atomic E-state index is 10.4. The molecule has 0 heterocycles. The number of carbonyl (C=O) groups excluding carboxylic acids is 1. The van der Waals surface area contributed by atoms with E-state index < -0.39 is 5.91 Å². The highest BCUT2D eigenvalue weighted by Gasteiger charge is 1.95. The Kier molecular flexibility index (Phi) is 17.6. The largest absolute Gasteiger partial charge is 0.379 e. The lowest BCUT2D eigenvalue weighted by Gasteiger charge is -2.07. The maximum Gasteiger partial charge on any atom is 0.243 e. The molecule has 0 radical (unpaired) electrons. The van der Waals surface area contributed by atoms with Crippen molar-refractivity contribution in [3.63, 3.8) is 0 Å². The first-order chi connectivity index (χ1) is 10.8. The fraction of sp³-hybridized carbons (Fsp3) is 0.929. The predicted molar refractivity (Wildman–Crippen MR) is 79.8 cm³/mol. The van der Waals surface area contributed by atoms with Crippen molar-refractivity contribution in [2.24, 2.45) is 5.73 Å². The summed E-state index contributed by atoms with van der Waals surface area (Å²) >= 11 is 0. The number of rotatable bonds is 18. The van der Waals surface area contributed by atoms with E-state index >= 15 is 0 Å². The van der Waals surface area contributed by atoms with Crippen LogP contribution in [0.1, 0.15) is 6.92 Å². The van der Waals surface area contributed by atoms with Gasteiger partial charge in [-0.25, -0.2) is 0 Å². The lowest BCUT2D eigenvalue weighted by Crippen LogP contribution is -2.20. The Labute approximate surface area is 132 Å². The van der Waals surface area contributed by atoms with Crippen LogP contribution in [0.4, 0.5) is 0 Å². The van der Waals surface area contributed by atoms with Crippen LogP contribution in [-0.2, 0) is 33.2 Å². The zero-order chi connectivity index (χ0) is 16.3. The molecule has 0 unspecified atom stereocenters. The second-order valence-corrected chi connectivity index (χ2v) is 4.17. The Morgan fingerprint density at radius 3 is 1.27 bits per heavy atom. The van der Waals surface area contributed by atoms with Crippen LogP contribution in [0, 0.1) is 0 Å². The minimum absolute atomic E-state index is 0.0768. The molecule has 0 bridgehead atoms. The standard InChI is InChI=1S/C14H29NO7/c1-2-17-3-4-18-5-6-19-7-8-20-9-10-21-11-12-22-13-14(15)16/h2-13H2,1H3,(H2,15,16). The van der Waals surface area contributed by atoms with Gasteiger partial charge in [0, 0.05) is 6.61 Å². The summed E-state index contributed by atoms with van der Waals surface area (Å²) in [6.07, 6.45) is 0. The molecule has 22 heavy (non-hydrogen) atoms. The lowest BCUT2D eigenvalue weighted by atomic mass is 10.6. The van der Waals surface area contributed by atoms with Crippen molar-refractivity contribution in [3.05, 3.63) is 0 Å². The average Bonchev–Trinajstić information content (AvgIpc) is 2.50. The Morgan fingerprint density at radius 1 is 0.636 bits per heavy atom. The molecule has 8 nitrogen and oxygen atoms in total. The predicted octanol–water partition coefficient (Wildman–Crippen LogP) is -0.409. The second kappa shape index (κ2) is 18.3. The summed E-state index contributed by atoms with van der Waals surface area (Å²) in [6.45, 7) is 7.65. The van der Waals surface area contributed by atoms with Crippen LogP contribution in [0.25, 0.3) is 0 Å². The van der Waals surface area contributed by atoms with Crippen molar-refractivity contribution in [1.82, 2.24) is 0 Å². The normalized spacial score (nSPS) is 11.0. The second-order valence-electron chi connectivity index (χ2n) is 4.17. The van der Waals surface area contributed by atoms with E-state index in [1.54, 1.807) is 0 Å². The third-order valence-corrected chi connectivity index (χ3v) is 2.31.